The molecule has 30 heavy (non-hydrogen) atoms. The quantitative estimate of drug-likeness (QED) is 0.320. The van der Waals surface area contributed by atoms with Crippen molar-refractivity contribution in [3.63, 3.8) is 0 Å². The normalized spacial score (nSPS) is 11.5. The molecule has 0 unspecified atom stereocenters. The van der Waals surface area contributed by atoms with E-state index in [1.54, 1.807) is 12.1 Å². The summed E-state index contributed by atoms with van der Waals surface area (Å²) in [4.78, 5) is 0. The minimum atomic E-state index is -4.67. The molecule has 0 heterocycles. The van der Waals surface area contributed by atoms with Crippen LogP contribution in [0.1, 0.15) is 44.6 Å². The first-order chi connectivity index (χ1) is 14.4. The molecule has 0 radical (unpaired) electrons. The van der Waals surface area contributed by atoms with Crippen molar-refractivity contribution in [2.45, 2.75) is 51.8 Å². The fourth-order valence-corrected chi connectivity index (χ4v) is 3.50. The third-order valence-corrected chi connectivity index (χ3v) is 5.16. The first-order valence-electron chi connectivity index (χ1n) is 10.5. The molecule has 3 aromatic carbocycles. The Hall–Kier alpha value is -2.75. The molecule has 0 atom stereocenters. The lowest BCUT2D eigenvalue weighted by atomic mass is 9.98. The molecule has 3 rings (SSSR count). The molecule has 0 aliphatic rings. The van der Waals surface area contributed by atoms with Gasteiger partial charge in [-0.15, -0.1) is 13.2 Å². The highest BCUT2D eigenvalue weighted by atomic mass is 19.4. The number of benzene rings is 3. The molecule has 0 aliphatic carbocycles. The number of halogens is 3. The molecule has 0 spiro atoms. The van der Waals surface area contributed by atoms with Gasteiger partial charge in [-0.05, 0) is 52.8 Å². The molecule has 3 aromatic rings. The molecular weight excluding hydrogens is 385 g/mol. The molecule has 1 nitrogen and oxygen atoms in total. The van der Waals surface area contributed by atoms with Gasteiger partial charge in [0.1, 0.15) is 5.75 Å². The van der Waals surface area contributed by atoms with Crippen molar-refractivity contribution < 1.29 is 17.9 Å². The molecular formula is C26H27F3O. The molecule has 0 fully saturated rings. The summed E-state index contributed by atoms with van der Waals surface area (Å²) >= 11 is 0. The van der Waals surface area contributed by atoms with E-state index in [4.69, 9.17) is 0 Å². The van der Waals surface area contributed by atoms with E-state index in [0.29, 0.717) is 0 Å². The zero-order chi connectivity index (χ0) is 21.4. The second-order valence-electron chi connectivity index (χ2n) is 7.51. The highest BCUT2D eigenvalue weighted by molar-refractivity contribution is 5.70. The third-order valence-electron chi connectivity index (χ3n) is 5.16. The molecule has 0 saturated carbocycles. The van der Waals surface area contributed by atoms with Gasteiger partial charge in [-0.2, -0.15) is 0 Å². The highest BCUT2D eigenvalue weighted by Gasteiger charge is 2.30. The number of aryl methyl sites for hydroxylation is 1. The van der Waals surface area contributed by atoms with Gasteiger partial charge in [0.05, 0.1) is 0 Å². The summed E-state index contributed by atoms with van der Waals surface area (Å²) < 4.78 is 40.8. The lowest BCUT2D eigenvalue weighted by molar-refractivity contribution is -0.274. The summed E-state index contributed by atoms with van der Waals surface area (Å²) in [6.45, 7) is 2.23. The summed E-state index contributed by atoms with van der Waals surface area (Å²) in [7, 11) is 0. The Morgan fingerprint density at radius 1 is 0.600 bits per heavy atom. The molecule has 4 heteroatoms. The third kappa shape index (κ3) is 6.65. The Morgan fingerprint density at radius 2 is 1.03 bits per heavy atom. The zero-order valence-corrected chi connectivity index (χ0v) is 17.2. The minimum Gasteiger partial charge on any atom is -0.406 e. The minimum absolute atomic E-state index is 0.215. The summed E-state index contributed by atoms with van der Waals surface area (Å²) in [6, 6.07) is 22.7. The van der Waals surface area contributed by atoms with Crippen molar-refractivity contribution in [3.8, 4) is 28.0 Å². The first kappa shape index (κ1) is 21.9. The van der Waals surface area contributed by atoms with Crippen LogP contribution in [0.2, 0.25) is 0 Å². The number of ether oxygens (including phenoxy) is 1. The Bertz CT molecular complexity index is 895. The topological polar surface area (TPSA) is 9.23 Å². The van der Waals surface area contributed by atoms with Crippen molar-refractivity contribution >= 4 is 0 Å². The van der Waals surface area contributed by atoms with Crippen LogP contribution in [0, 0.1) is 0 Å². The second-order valence-corrected chi connectivity index (χ2v) is 7.51. The average Bonchev–Trinajstić information content (AvgIpc) is 2.74. The van der Waals surface area contributed by atoms with E-state index in [1.807, 2.05) is 24.3 Å². The van der Waals surface area contributed by atoms with Crippen LogP contribution in [0.15, 0.2) is 72.8 Å². The molecule has 158 valence electrons. The molecule has 0 aliphatic heterocycles. The fraction of sp³-hybridized carbons (Fsp3) is 0.308. The summed E-state index contributed by atoms with van der Waals surface area (Å²) in [6.07, 6.45) is 2.89. The Morgan fingerprint density at radius 3 is 1.50 bits per heavy atom. The van der Waals surface area contributed by atoms with Crippen LogP contribution in [-0.4, -0.2) is 6.36 Å². The van der Waals surface area contributed by atoms with Crippen LogP contribution in [0.3, 0.4) is 0 Å². The van der Waals surface area contributed by atoms with E-state index in [0.717, 1.165) is 28.7 Å². The fourth-order valence-electron chi connectivity index (χ4n) is 3.50. The summed E-state index contributed by atoms with van der Waals surface area (Å²) in [5, 5.41) is 0. The SMILES string of the molecule is CCCCCCCc1ccc(-c2ccc(-c3ccc(OC(F)(F)F)cc3)cc2)cc1. The number of hydrogen-bond donors (Lipinski definition) is 0. The van der Waals surface area contributed by atoms with Gasteiger partial charge >= 0.3 is 6.36 Å². The van der Waals surface area contributed by atoms with Crippen molar-refractivity contribution in [2.75, 3.05) is 0 Å². The Labute approximate surface area is 176 Å². The van der Waals surface area contributed by atoms with Crippen molar-refractivity contribution in [1.29, 1.82) is 0 Å². The van der Waals surface area contributed by atoms with Gasteiger partial charge in [-0.3, -0.25) is 0 Å². The second kappa shape index (κ2) is 10.3. The van der Waals surface area contributed by atoms with E-state index in [9.17, 15) is 13.2 Å². The molecule has 0 amide bonds. The summed E-state index contributed by atoms with van der Waals surface area (Å²) in [5.74, 6) is -0.215. The standard InChI is InChI=1S/C26H27F3O/c1-2-3-4-5-6-7-20-8-10-21(11-9-20)22-12-14-23(15-13-22)24-16-18-25(19-17-24)30-26(27,28)29/h8-19H,2-7H2,1H3. The predicted molar refractivity (Wildman–Crippen MR) is 116 cm³/mol. The monoisotopic (exact) mass is 412 g/mol. The van der Waals surface area contributed by atoms with E-state index < -0.39 is 6.36 Å². The van der Waals surface area contributed by atoms with Crippen molar-refractivity contribution in [1.82, 2.24) is 0 Å². The van der Waals surface area contributed by atoms with Gasteiger partial charge in [-0.1, -0.05) is 93.3 Å². The van der Waals surface area contributed by atoms with Gasteiger partial charge in [0.2, 0.25) is 0 Å². The van der Waals surface area contributed by atoms with E-state index in [-0.39, 0.29) is 5.75 Å². The van der Waals surface area contributed by atoms with Gasteiger partial charge in [0.25, 0.3) is 0 Å². The van der Waals surface area contributed by atoms with E-state index in [1.165, 1.54) is 49.8 Å². The van der Waals surface area contributed by atoms with Crippen LogP contribution in [0.4, 0.5) is 13.2 Å². The van der Waals surface area contributed by atoms with E-state index >= 15 is 0 Å². The van der Waals surface area contributed by atoms with Crippen molar-refractivity contribution in [3.05, 3.63) is 78.4 Å². The van der Waals surface area contributed by atoms with Gasteiger partial charge in [0.15, 0.2) is 0 Å². The molecule has 0 bridgehead atoms. The van der Waals surface area contributed by atoms with Gasteiger partial charge < -0.3 is 4.74 Å². The molecule has 0 saturated heterocycles. The zero-order valence-electron chi connectivity index (χ0n) is 17.2. The van der Waals surface area contributed by atoms with Crippen LogP contribution in [0.25, 0.3) is 22.3 Å². The van der Waals surface area contributed by atoms with E-state index in [2.05, 4.69) is 35.9 Å². The molecule has 0 aromatic heterocycles. The molecule has 0 N–H and O–H groups in total. The maximum absolute atomic E-state index is 12.3. The predicted octanol–water partition coefficient (Wildman–Crippen LogP) is 8.43. The van der Waals surface area contributed by atoms with Gasteiger partial charge in [-0.25, -0.2) is 0 Å². The highest BCUT2D eigenvalue weighted by Crippen LogP contribution is 2.28. The van der Waals surface area contributed by atoms with Crippen LogP contribution in [0.5, 0.6) is 5.75 Å². The maximum Gasteiger partial charge on any atom is 0.573 e. The average molecular weight is 412 g/mol. The van der Waals surface area contributed by atoms with Crippen LogP contribution < -0.4 is 4.74 Å². The smallest absolute Gasteiger partial charge is 0.406 e. The Balaban J connectivity index is 1.60. The van der Waals surface area contributed by atoms with Crippen LogP contribution >= 0.6 is 0 Å². The van der Waals surface area contributed by atoms with Crippen molar-refractivity contribution in [2.24, 2.45) is 0 Å². The first-order valence-corrected chi connectivity index (χ1v) is 10.5. The number of hydrogen-bond acceptors (Lipinski definition) is 1. The number of rotatable bonds is 9. The maximum atomic E-state index is 12.3. The number of unbranched alkanes of at least 4 members (excludes halogenated alkanes) is 4. The van der Waals surface area contributed by atoms with Crippen LogP contribution in [-0.2, 0) is 6.42 Å². The Kier molecular flexibility index (Phi) is 7.56. The summed E-state index contributed by atoms with van der Waals surface area (Å²) in [5.41, 5.74) is 5.43. The lowest BCUT2D eigenvalue weighted by Gasteiger charge is -2.10. The lowest BCUT2D eigenvalue weighted by Crippen LogP contribution is -2.16. The largest absolute Gasteiger partial charge is 0.573 e. The van der Waals surface area contributed by atoms with Gasteiger partial charge in [0, 0.05) is 0 Å². The number of alkyl halides is 3.